The fourth-order valence-corrected chi connectivity index (χ4v) is 3.20. The Balaban J connectivity index is 1.73. The maximum atomic E-state index is 11.7. The van der Waals surface area contributed by atoms with E-state index in [0.29, 0.717) is 18.5 Å². The summed E-state index contributed by atoms with van der Waals surface area (Å²) in [7, 11) is 0. The van der Waals surface area contributed by atoms with E-state index in [1.807, 2.05) is 26.3 Å². The van der Waals surface area contributed by atoms with Crippen molar-refractivity contribution in [3.63, 3.8) is 0 Å². The molecule has 5 nitrogen and oxygen atoms in total. The van der Waals surface area contributed by atoms with Crippen LogP contribution in [-0.2, 0) is 11.3 Å². The van der Waals surface area contributed by atoms with Crippen LogP contribution in [0.4, 0.5) is 4.79 Å². The molecule has 2 N–H and O–H groups in total. The highest BCUT2D eigenvalue weighted by Crippen LogP contribution is 2.25. The van der Waals surface area contributed by atoms with Gasteiger partial charge in [-0.1, -0.05) is 6.42 Å². The lowest BCUT2D eigenvalue weighted by Crippen LogP contribution is -2.40. The monoisotopic (exact) mass is 311 g/mol. The van der Waals surface area contributed by atoms with Crippen molar-refractivity contribution in [2.75, 3.05) is 6.54 Å². The summed E-state index contributed by atoms with van der Waals surface area (Å²) >= 11 is 1.62. The van der Waals surface area contributed by atoms with Gasteiger partial charge < -0.3 is 15.4 Å². The summed E-state index contributed by atoms with van der Waals surface area (Å²) in [5.74, 6) is 0.469. The van der Waals surface area contributed by atoms with Crippen LogP contribution in [0.5, 0.6) is 0 Å². The summed E-state index contributed by atoms with van der Waals surface area (Å²) in [6.07, 6.45) is 3.18. The maximum absolute atomic E-state index is 11.7. The number of carbonyl (C=O) groups excluding carboxylic acids is 1. The molecule has 0 spiro atoms. The number of hydrogen-bond donors (Lipinski definition) is 2. The Labute approximate surface area is 130 Å². The Bertz CT molecular complexity index is 442. The summed E-state index contributed by atoms with van der Waals surface area (Å²) in [4.78, 5) is 16.0. The predicted octanol–water partition coefficient (Wildman–Crippen LogP) is 2.93. The molecule has 1 heterocycles. The second kappa shape index (κ2) is 7.22. The zero-order chi connectivity index (χ0) is 15.3. The number of nitrogens with one attached hydrogen (secondary N) is 2. The number of hydrogen-bond acceptors (Lipinski definition) is 5. The van der Waals surface area contributed by atoms with E-state index in [1.165, 1.54) is 6.42 Å². The van der Waals surface area contributed by atoms with Gasteiger partial charge in [0.25, 0.3) is 0 Å². The Morgan fingerprint density at radius 1 is 1.48 bits per heavy atom. The quantitative estimate of drug-likeness (QED) is 0.877. The summed E-state index contributed by atoms with van der Waals surface area (Å²) < 4.78 is 5.27. The molecule has 1 amide bonds. The van der Waals surface area contributed by atoms with Crippen LogP contribution >= 0.6 is 11.3 Å². The normalized spacial score (nSPS) is 22.2. The fourth-order valence-electron chi connectivity index (χ4n) is 2.64. The molecule has 1 saturated carbocycles. The largest absolute Gasteiger partial charge is 0.444 e. The molecule has 0 saturated heterocycles. The molecule has 0 aromatic carbocycles. The molecule has 1 aliphatic carbocycles. The molecular weight excluding hydrogens is 286 g/mol. The Kier molecular flexibility index (Phi) is 5.58. The number of aromatic nitrogens is 1. The van der Waals surface area contributed by atoms with Crippen LogP contribution < -0.4 is 10.6 Å². The molecule has 2 atom stereocenters. The van der Waals surface area contributed by atoms with Gasteiger partial charge in [0.15, 0.2) is 0 Å². The van der Waals surface area contributed by atoms with Crippen LogP contribution in [-0.4, -0.2) is 29.3 Å². The first-order chi connectivity index (χ1) is 9.94. The van der Waals surface area contributed by atoms with Gasteiger partial charge in [-0.25, -0.2) is 9.78 Å². The first-order valence-corrected chi connectivity index (χ1v) is 8.45. The molecule has 1 aromatic rings. The van der Waals surface area contributed by atoms with Gasteiger partial charge in [0.05, 0.1) is 11.2 Å². The molecule has 118 valence electrons. The van der Waals surface area contributed by atoms with Crippen molar-refractivity contribution in [1.82, 2.24) is 15.6 Å². The fraction of sp³-hybridized carbons (Fsp3) is 0.733. The molecule has 1 aliphatic rings. The highest BCUT2D eigenvalue weighted by atomic mass is 32.1. The van der Waals surface area contributed by atoms with Crippen molar-refractivity contribution in [2.24, 2.45) is 5.92 Å². The van der Waals surface area contributed by atoms with E-state index in [4.69, 9.17) is 4.74 Å². The van der Waals surface area contributed by atoms with Crippen molar-refractivity contribution < 1.29 is 9.53 Å². The topological polar surface area (TPSA) is 63.2 Å². The molecule has 6 heteroatoms. The van der Waals surface area contributed by atoms with Crippen LogP contribution in [0.2, 0.25) is 0 Å². The average molecular weight is 311 g/mol. The number of rotatable bonds is 5. The highest BCUT2D eigenvalue weighted by Gasteiger charge is 2.27. The zero-order valence-electron chi connectivity index (χ0n) is 13.0. The third kappa shape index (κ3) is 5.63. The minimum absolute atomic E-state index is 0.326. The van der Waals surface area contributed by atoms with Gasteiger partial charge in [0, 0.05) is 24.5 Å². The van der Waals surface area contributed by atoms with Crippen LogP contribution in [0.15, 0.2) is 10.9 Å². The summed E-state index contributed by atoms with van der Waals surface area (Å²) in [5.41, 5.74) is 2.50. The summed E-state index contributed by atoms with van der Waals surface area (Å²) in [6, 6.07) is 0.446. The summed E-state index contributed by atoms with van der Waals surface area (Å²) in [6.45, 7) is 7.10. The minimum atomic E-state index is -0.442. The third-order valence-corrected chi connectivity index (χ3v) is 4.23. The van der Waals surface area contributed by atoms with E-state index in [0.717, 1.165) is 25.1 Å². The predicted molar refractivity (Wildman–Crippen MR) is 84.3 cm³/mol. The molecule has 21 heavy (non-hydrogen) atoms. The molecule has 0 radical (unpaired) electrons. The van der Waals surface area contributed by atoms with Crippen LogP contribution in [0, 0.1) is 5.92 Å². The lowest BCUT2D eigenvalue weighted by molar-refractivity contribution is 0.0517. The molecule has 0 aliphatic heterocycles. The Morgan fingerprint density at radius 3 is 2.95 bits per heavy atom. The van der Waals surface area contributed by atoms with Crippen LogP contribution in [0.3, 0.4) is 0 Å². The van der Waals surface area contributed by atoms with Gasteiger partial charge in [-0.3, -0.25) is 0 Å². The van der Waals surface area contributed by atoms with E-state index in [2.05, 4.69) is 21.0 Å². The number of thiazole rings is 1. The smallest absolute Gasteiger partial charge is 0.407 e. The van der Waals surface area contributed by atoms with Gasteiger partial charge >= 0.3 is 6.09 Å². The summed E-state index contributed by atoms with van der Waals surface area (Å²) in [5, 5.41) is 8.51. The lowest BCUT2D eigenvalue weighted by Gasteiger charge is -2.23. The lowest BCUT2D eigenvalue weighted by atomic mass is 10.0. The van der Waals surface area contributed by atoms with E-state index >= 15 is 0 Å². The SMILES string of the molecule is CC(C)(C)OC(=O)NCC1CCCC1NCc1cscn1. The molecule has 1 fully saturated rings. The van der Waals surface area contributed by atoms with E-state index in [9.17, 15) is 4.79 Å². The van der Waals surface area contributed by atoms with Crippen molar-refractivity contribution in [1.29, 1.82) is 0 Å². The Hall–Kier alpha value is -1.14. The van der Waals surface area contributed by atoms with Gasteiger partial charge in [0.2, 0.25) is 0 Å². The number of ether oxygens (including phenoxy) is 1. The van der Waals surface area contributed by atoms with E-state index < -0.39 is 5.60 Å². The second-order valence-electron chi connectivity index (χ2n) is 6.54. The standard InChI is InChI=1S/C15H25N3O2S/c1-15(2,3)20-14(19)17-7-11-5-4-6-13(11)16-8-12-9-21-10-18-12/h9-11,13,16H,4-8H2,1-3H3,(H,17,19). The van der Waals surface area contributed by atoms with Crippen molar-refractivity contribution >= 4 is 17.4 Å². The Morgan fingerprint density at radius 2 is 2.29 bits per heavy atom. The number of carbonyl (C=O) groups is 1. The molecule has 1 aromatic heterocycles. The van der Waals surface area contributed by atoms with Gasteiger partial charge in [0.1, 0.15) is 5.60 Å². The average Bonchev–Trinajstić information content (AvgIpc) is 3.03. The second-order valence-corrected chi connectivity index (χ2v) is 7.26. The van der Waals surface area contributed by atoms with Crippen molar-refractivity contribution in [3.8, 4) is 0 Å². The van der Waals surface area contributed by atoms with E-state index in [1.54, 1.807) is 11.3 Å². The zero-order valence-corrected chi connectivity index (χ0v) is 13.8. The van der Waals surface area contributed by atoms with Crippen LogP contribution in [0.25, 0.3) is 0 Å². The molecule has 0 bridgehead atoms. The number of amides is 1. The van der Waals surface area contributed by atoms with Crippen molar-refractivity contribution in [2.45, 2.75) is 58.2 Å². The first kappa shape index (κ1) is 16.2. The maximum Gasteiger partial charge on any atom is 0.407 e. The number of nitrogens with zero attached hydrogens (tertiary/aromatic N) is 1. The third-order valence-electron chi connectivity index (χ3n) is 3.60. The van der Waals surface area contributed by atoms with Gasteiger partial charge in [-0.2, -0.15) is 0 Å². The van der Waals surface area contributed by atoms with E-state index in [-0.39, 0.29) is 6.09 Å². The van der Waals surface area contributed by atoms with Gasteiger partial charge in [-0.05, 0) is 39.5 Å². The molecule has 2 unspecified atom stereocenters. The molecule has 2 rings (SSSR count). The van der Waals surface area contributed by atoms with Gasteiger partial charge in [-0.15, -0.1) is 11.3 Å². The highest BCUT2D eigenvalue weighted by molar-refractivity contribution is 7.07. The van der Waals surface area contributed by atoms with Crippen LogP contribution in [0.1, 0.15) is 45.7 Å². The first-order valence-electron chi connectivity index (χ1n) is 7.51. The van der Waals surface area contributed by atoms with Crippen molar-refractivity contribution in [3.05, 3.63) is 16.6 Å². The minimum Gasteiger partial charge on any atom is -0.444 e. The number of alkyl carbamates (subject to hydrolysis) is 1. The molecular formula is C15H25N3O2S.